The van der Waals surface area contributed by atoms with E-state index in [2.05, 4.69) is 4.90 Å². The Kier molecular flexibility index (Phi) is 4.99. The summed E-state index contributed by atoms with van der Waals surface area (Å²) < 4.78 is 27.3. The molecule has 1 aromatic rings. The van der Waals surface area contributed by atoms with Gasteiger partial charge in [-0.15, -0.1) is 0 Å². The molecule has 0 bridgehead atoms. The molecule has 1 spiro atoms. The van der Waals surface area contributed by atoms with Gasteiger partial charge in [0.15, 0.2) is 11.6 Å². The predicted molar refractivity (Wildman–Crippen MR) is 89.3 cm³/mol. The van der Waals surface area contributed by atoms with Crippen LogP contribution in [-0.2, 0) is 11.3 Å². The first-order valence-electron chi connectivity index (χ1n) is 8.60. The molecule has 2 aliphatic rings. The normalized spacial score (nSPS) is 25.0. The molecule has 0 aromatic heterocycles. The molecule has 1 amide bonds. The van der Waals surface area contributed by atoms with Crippen LogP contribution in [-0.4, -0.2) is 41.9 Å². The van der Waals surface area contributed by atoms with Crippen LogP contribution in [0.5, 0.6) is 0 Å². The van der Waals surface area contributed by atoms with E-state index in [1.165, 1.54) is 0 Å². The molecule has 0 unspecified atom stereocenters. The molecule has 0 N–H and O–H groups in total. The van der Waals surface area contributed by atoms with Crippen LogP contribution >= 0.6 is 0 Å². The molecule has 3 rings (SSSR count). The molecule has 2 heterocycles. The summed E-state index contributed by atoms with van der Waals surface area (Å²) in [5, 5.41) is 0. The lowest BCUT2D eigenvalue weighted by Gasteiger charge is -2.40. The first-order chi connectivity index (χ1) is 11.5. The summed E-state index contributed by atoms with van der Waals surface area (Å²) in [5.41, 5.74) is 0.506. The number of piperidine rings is 1. The van der Waals surface area contributed by atoms with Crippen LogP contribution in [0.3, 0.4) is 0 Å². The summed E-state index contributed by atoms with van der Waals surface area (Å²) in [4.78, 5) is 16.2. The lowest BCUT2D eigenvalue weighted by atomic mass is 9.79. The van der Waals surface area contributed by atoms with E-state index in [4.69, 9.17) is 0 Å². The Bertz CT molecular complexity index is 646. The Balaban J connectivity index is 1.67. The fourth-order valence-electron chi connectivity index (χ4n) is 4.06. The van der Waals surface area contributed by atoms with Crippen LogP contribution in [0, 0.1) is 17.0 Å². The highest BCUT2D eigenvalue weighted by Gasteiger charge is 2.42. The van der Waals surface area contributed by atoms with E-state index < -0.39 is 11.6 Å². The molecular formula is C19H24F2N2O. The third-order valence-corrected chi connectivity index (χ3v) is 5.23. The number of nitrogens with zero attached hydrogens (tertiary/aromatic N) is 2. The standard InChI is InChI=1S/C19H24F2N2O/c1-2-5-17(24)23-11-9-19(14-23)8-4-10-22(13-19)12-15-6-3-7-16(20)18(15)21/h2-3,5-7H,4,8-14H2,1H3/b5-2+/t19-/m1/s1. The maximum Gasteiger partial charge on any atom is 0.246 e. The summed E-state index contributed by atoms with van der Waals surface area (Å²) in [6.45, 7) is 5.54. The van der Waals surface area contributed by atoms with Crippen LogP contribution in [0.15, 0.2) is 30.4 Å². The van der Waals surface area contributed by atoms with Gasteiger partial charge >= 0.3 is 0 Å². The molecule has 3 nitrogen and oxygen atoms in total. The van der Waals surface area contributed by atoms with Crippen molar-refractivity contribution in [3.8, 4) is 0 Å². The number of hydrogen-bond donors (Lipinski definition) is 0. The fourth-order valence-corrected chi connectivity index (χ4v) is 4.06. The summed E-state index contributed by atoms with van der Waals surface area (Å²) in [6, 6.07) is 4.36. The highest BCUT2D eigenvalue weighted by molar-refractivity contribution is 5.87. The van der Waals surface area contributed by atoms with Gasteiger partial charge in [0, 0.05) is 37.2 Å². The van der Waals surface area contributed by atoms with Crippen molar-refractivity contribution in [1.82, 2.24) is 9.80 Å². The van der Waals surface area contributed by atoms with Gasteiger partial charge in [-0.2, -0.15) is 0 Å². The molecule has 2 fully saturated rings. The minimum atomic E-state index is -0.789. The first kappa shape index (κ1) is 17.1. The highest BCUT2D eigenvalue weighted by atomic mass is 19.2. The summed E-state index contributed by atoms with van der Waals surface area (Å²) >= 11 is 0. The number of hydrogen-bond acceptors (Lipinski definition) is 2. The number of allylic oxidation sites excluding steroid dienone is 1. The maximum atomic E-state index is 13.9. The first-order valence-corrected chi connectivity index (χ1v) is 8.60. The Morgan fingerprint density at radius 1 is 1.25 bits per heavy atom. The fraction of sp³-hybridized carbons (Fsp3) is 0.526. The number of amides is 1. The van der Waals surface area contributed by atoms with Crippen molar-refractivity contribution < 1.29 is 13.6 Å². The highest BCUT2D eigenvalue weighted by Crippen LogP contribution is 2.39. The molecular weight excluding hydrogens is 310 g/mol. The summed E-state index contributed by atoms with van der Waals surface area (Å²) in [6.07, 6.45) is 6.49. The molecule has 24 heavy (non-hydrogen) atoms. The van der Waals surface area contributed by atoms with E-state index in [0.717, 1.165) is 51.5 Å². The largest absolute Gasteiger partial charge is 0.339 e. The zero-order valence-corrected chi connectivity index (χ0v) is 14.1. The number of benzene rings is 1. The van der Waals surface area contributed by atoms with Gasteiger partial charge < -0.3 is 4.90 Å². The maximum absolute atomic E-state index is 13.9. The van der Waals surface area contributed by atoms with E-state index in [1.54, 1.807) is 24.3 Å². The van der Waals surface area contributed by atoms with Crippen molar-refractivity contribution >= 4 is 5.91 Å². The SMILES string of the molecule is C/C=C/C(=O)N1CC[C@@]2(CCCN(Cc3cccc(F)c3F)C2)C1. The number of halogens is 2. The van der Waals surface area contributed by atoms with Gasteiger partial charge in [-0.3, -0.25) is 9.69 Å². The molecule has 0 aliphatic carbocycles. The molecule has 130 valence electrons. The molecule has 0 radical (unpaired) electrons. The van der Waals surface area contributed by atoms with Crippen LogP contribution in [0.4, 0.5) is 8.78 Å². The van der Waals surface area contributed by atoms with Crippen LogP contribution < -0.4 is 0 Å². The van der Waals surface area contributed by atoms with Gasteiger partial charge in [-0.1, -0.05) is 18.2 Å². The number of rotatable bonds is 3. The van der Waals surface area contributed by atoms with E-state index in [-0.39, 0.29) is 11.3 Å². The van der Waals surface area contributed by atoms with Gasteiger partial charge in [0.2, 0.25) is 5.91 Å². The minimum absolute atomic E-state index is 0.0719. The minimum Gasteiger partial charge on any atom is -0.339 e. The smallest absolute Gasteiger partial charge is 0.246 e. The second-order valence-corrected chi connectivity index (χ2v) is 7.04. The van der Waals surface area contributed by atoms with Crippen LogP contribution in [0.2, 0.25) is 0 Å². The molecule has 1 aromatic carbocycles. The second-order valence-electron chi connectivity index (χ2n) is 7.04. The molecule has 2 aliphatic heterocycles. The van der Waals surface area contributed by atoms with E-state index >= 15 is 0 Å². The third kappa shape index (κ3) is 3.51. The quantitative estimate of drug-likeness (QED) is 0.792. The van der Waals surface area contributed by atoms with Crippen molar-refractivity contribution in [2.75, 3.05) is 26.2 Å². The Hall–Kier alpha value is -1.75. The number of likely N-dealkylation sites (tertiary alicyclic amines) is 2. The zero-order valence-electron chi connectivity index (χ0n) is 14.1. The lowest BCUT2D eigenvalue weighted by Crippen LogP contribution is -2.45. The number of carbonyl (C=O) groups excluding carboxylic acids is 1. The molecule has 2 saturated heterocycles. The summed E-state index contributed by atoms with van der Waals surface area (Å²) in [5.74, 6) is -1.46. The molecule has 1 atom stereocenters. The van der Waals surface area contributed by atoms with Crippen molar-refractivity contribution in [2.24, 2.45) is 5.41 Å². The topological polar surface area (TPSA) is 23.6 Å². The van der Waals surface area contributed by atoms with E-state index in [0.29, 0.717) is 12.1 Å². The average molecular weight is 334 g/mol. The van der Waals surface area contributed by atoms with Crippen LogP contribution in [0.25, 0.3) is 0 Å². The lowest BCUT2D eigenvalue weighted by molar-refractivity contribution is -0.125. The third-order valence-electron chi connectivity index (χ3n) is 5.23. The van der Waals surface area contributed by atoms with Gasteiger partial charge in [0.1, 0.15) is 0 Å². The second kappa shape index (κ2) is 7.01. The van der Waals surface area contributed by atoms with Gasteiger partial charge in [-0.05, 0) is 44.9 Å². The Labute approximate surface area is 141 Å². The van der Waals surface area contributed by atoms with E-state index in [9.17, 15) is 13.6 Å². The van der Waals surface area contributed by atoms with Crippen molar-refractivity contribution in [3.63, 3.8) is 0 Å². The Morgan fingerprint density at radius 2 is 2.08 bits per heavy atom. The molecule has 0 saturated carbocycles. The van der Waals surface area contributed by atoms with Crippen molar-refractivity contribution in [3.05, 3.63) is 47.5 Å². The summed E-state index contributed by atoms with van der Waals surface area (Å²) in [7, 11) is 0. The predicted octanol–water partition coefficient (Wildman–Crippen LogP) is 3.36. The van der Waals surface area contributed by atoms with Crippen molar-refractivity contribution in [2.45, 2.75) is 32.7 Å². The van der Waals surface area contributed by atoms with E-state index in [1.807, 2.05) is 11.8 Å². The number of carbonyl (C=O) groups is 1. The van der Waals surface area contributed by atoms with Gasteiger partial charge in [-0.25, -0.2) is 8.78 Å². The molecule has 5 heteroatoms. The van der Waals surface area contributed by atoms with Gasteiger partial charge in [0.25, 0.3) is 0 Å². The Morgan fingerprint density at radius 3 is 2.88 bits per heavy atom. The zero-order chi connectivity index (χ0) is 17.2. The van der Waals surface area contributed by atoms with Gasteiger partial charge in [0.05, 0.1) is 0 Å². The monoisotopic (exact) mass is 334 g/mol. The van der Waals surface area contributed by atoms with Crippen molar-refractivity contribution in [1.29, 1.82) is 0 Å². The average Bonchev–Trinajstić information content (AvgIpc) is 2.96. The van der Waals surface area contributed by atoms with Crippen LogP contribution in [0.1, 0.15) is 31.7 Å².